The summed E-state index contributed by atoms with van der Waals surface area (Å²) in [4.78, 5) is 12.1. The number of nitrogens with one attached hydrogen (secondary N) is 1. The molecule has 0 aromatic heterocycles. The molecule has 1 amide bonds. The maximum atomic E-state index is 12.1. The third-order valence-electron chi connectivity index (χ3n) is 2.96. The molecule has 0 aliphatic rings. The van der Waals surface area contributed by atoms with Crippen LogP contribution in [0.4, 0.5) is 0 Å². The van der Waals surface area contributed by atoms with E-state index in [9.17, 15) is 4.79 Å². The summed E-state index contributed by atoms with van der Waals surface area (Å²) in [7, 11) is 3.09. The van der Waals surface area contributed by atoms with Crippen LogP contribution in [-0.4, -0.2) is 26.7 Å². The number of rotatable bonds is 4. The lowest BCUT2D eigenvalue weighted by molar-refractivity contribution is 0.0958. The molecule has 4 nitrogen and oxygen atoms in total. The second-order valence-corrected chi connectivity index (χ2v) is 4.45. The Morgan fingerprint density at radius 3 is 2.27 bits per heavy atom. The van der Waals surface area contributed by atoms with Crippen LogP contribution in [0.25, 0.3) is 0 Å². The van der Waals surface area contributed by atoms with E-state index in [1.165, 1.54) is 0 Å². The van der Waals surface area contributed by atoms with Gasteiger partial charge in [0.05, 0.1) is 20.8 Å². The zero-order valence-corrected chi connectivity index (χ0v) is 12.6. The van der Waals surface area contributed by atoms with E-state index in [-0.39, 0.29) is 12.5 Å². The van der Waals surface area contributed by atoms with Crippen LogP contribution in [-0.2, 0) is 0 Å². The number of hydrogen-bond donors (Lipinski definition) is 1. The molecule has 0 radical (unpaired) electrons. The van der Waals surface area contributed by atoms with E-state index < -0.39 is 0 Å². The van der Waals surface area contributed by atoms with Crippen LogP contribution in [0.15, 0.2) is 48.5 Å². The lowest BCUT2D eigenvalue weighted by atomic mass is 10.2. The van der Waals surface area contributed by atoms with Gasteiger partial charge in [-0.15, -0.1) is 0 Å². The van der Waals surface area contributed by atoms with E-state index >= 15 is 0 Å². The van der Waals surface area contributed by atoms with Gasteiger partial charge in [-0.2, -0.15) is 0 Å². The van der Waals surface area contributed by atoms with Gasteiger partial charge in [-0.1, -0.05) is 30.0 Å². The number of carbonyl (C=O) groups is 1. The van der Waals surface area contributed by atoms with Gasteiger partial charge in [0.25, 0.3) is 5.91 Å². The van der Waals surface area contributed by atoms with Crippen LogP contribution in [0.3, 0.4) is 0 Å². The minimum atomic E-state index is -0.223. The van der Waals surface area contributed by atoms with Gasteiger partial charge in [0.15, 0.2) is 0 Å². The number of hydrogen-bond acceptors (Lipinski definition) is 3. The molecule has 0 unspecified atom stereocenters. The van der Waals surface area contributed by atoms with Crippen LogP contribution in [0.1, 0.15) is 15.9 Å². The zero-order chi connectivity index (χ0) is 15.8. The highest BCUT2D eigenvalue weighted by Gasteiger charge is 2.08. The van der Waals surface area contributed by atoms with Crippen molar-refractivity contribution in [3.05, 3.63) is 59.7 Å². The van der Waals surface area contributed by atoms with Crippen LogP contribution in [0.2, 0.25) is 0 Å². The molecule has 0 fully saturated rings. The summed E-state index contributed by atoms with van der Waals surface area (Å²) >= 11 is 0. The first-order valence-corrected chi connectivity index (χ1v) is 6.78. The molecule has 112 valence electrons. The topological polar surface area (TPSA) is 47.6 Å². The van der Waals surface area contributed by atoms with Crippen molar-refractivity contribution in [2.24, 2.45) is 0 Å². The molecule has 2 rings (SSSR count). The van der Waals surface area contributed by atoms with E-state index in [2.05, 4.69) is 17.2 Å². The number of ether oxygens (including phenoxy) is 2. The first-order valence-electron chi connectivity index (χ1n) is 6.78. The number of amides is 1. The van der Waals surface area contributed by atoms with Gasteiger partial charge < -0.3 is 14.8 Å². The number of methoxy groups -OCH3 is 2. The minimum absolute atomic E-state index is 0.223. The van der Waals surface area contributed by atoms with Crippen molar-refractivity contribution in [2.45, 2.75) is 0 Å². The van der Waals surface area contributed by atoms with Crippen LogP contribution < -0.4 is 14.8 Å². The van der Waals surface area contributed by atoms with Crippen molar-refractivity contribution in [3.63, 3.8) is 0 Å². The van der Waals surface area contributed by atoms with E-state index in [0.29, 0.717) is 17.1 Å². The monoisotopic (exact) mass is 295 g/mol. The first-order chi connectivity index (χ1) is 10.7. The SMILES string of the molecule is COc1cc(OC)cc(C(=O)NCC#Cc2ccccc2)c1. The van der Waals surface area contributed by atoms with Crippen molar-refractivity contribution in [3.8, 4) is 23.3 Å². The normalized spacial score (nSPS) is 9.36. The molecule has 0 saturated heterocycles. The highest BCUT2D eigenvalue weighted by molar-refractivity contribution is 5.95. The lowest BCUT2D eigenvalue weighted by Crippen LogP contribution is -2.23. The predicted octanol–water partition coefficient (Wildman–Crippen LogP) is 2.49. The van der Waals surface area contributed by atoms with Gasteiger partial charge in [-0.25, -0.2) is 0 Å². The highest BCUT2D eigenvalue weighted by Crippen LogP contribution is 2.22. The molecule has 2 aromatic carbocycles. The summed E-state index contributed by atoms with van der Waals surface area (Å²) in [5.41, 5.74) is 1.39. The van der Waals surface area contributed by atoms with Gasteiger partial charge in [0.2, 0.25) is 0 Å². The fourth-order valence-corrected chi connectivity index (χ4v) is 1.83. The smallest absolute Gasteiger partial charge is 0.252 e. The average Bonchev–Trinajstić information content (AvgIpc) is 2.58. The maximum Gasteiger partial charge on any atom is 0.252 e. The largest absolute Gasteiger partial charge is 0.497 e. The van der Waals surface area contributed by atoms with E-state index in [1.807, 2.05) is 30.3 Å². The molecule has 0 spiro atoms. The third kappa shape index (κ3) is 4.29. The minimum Gasteiger partial charge on any atom is -0.497 e. The summed E-state index contributed by atoms with van der Waals surface area (Å²) in [6, 6.07) is 14.6. The summed E-state index contributed by atoms with van der Waals surface area (Å²) in [5, 5.41) is 2.75. The molecule has 4 heteroatoms. The molecule has 0 heterocycles. The predicted molar refractivity (Wildman–Crippen MR) is 85.2 cm³/mol. The molecular weight excluding hydrogens is 278 g/mol. The highest BCUT2D eigenvalue weighted by atomic mass is 16.5. The Kier molecular flexibility index (Phi) is 5.44. The van der Waals surface area contributed by atoms with Crippen molar-refractivity contribution in [2.75, 3.05) is 20.8 Å². The Morgan fingerprint density at radius 2 is 1.68 bits per heavy atom. The zero-order valence-electron chi connectivity index (χ0n) is 12.6. The van der Waals surface area contributed by atoms with Gasteiger partial charge in [0.1, 0.15) is 11.5 Å². The second-order valence-electron chi connectivity index (χ2n) is 4.45. The Balaban J connectivity index is 1.99. The van der Waals surface area contributed by atoms with Crippen molar-refractivity contribution in [1.29, 1.82) is 0 Å². The molecule has 22 heavy (non-hydrogen) atoms. The number of benzene rings is 2. The molecule has 0 saturated carbocycles. The van der Waals surface area contributed by atoms with Crippen LogP contribution in [0.5, 0.6) is 11.5 Å². The quantitative estimate of drug-likeness (QED) is 0.882. The van der Waals surface area contributed by atoms with Crippen molar-refractivity contribution >= 4 is 5.91 Å². The fraction of sp³-hybridized carbons (Fsp3) is 0.167. The van der Waals surface area contributed by atoms with Crippen molar-refractivity contribution < 1.29 is 14.3 Å². The van der Waals surface area contributed by atoms with Gasteiger partial charge in [0, 0.05) is 17.2 Å². The van der Waals surface area contributed by atoms with Gasteiger partial charge in [-0.3, -0.25) is 4.79 Å². The summed E-state index contributed by atoms with van der Waals surface area (Å²) in [5.74, 6) is 6.81. The summed E-state index contributed by atoms with van der Waals surface area (Å²) in [6.45, 7) is 0.271. The number of carbonyl (C=O) groups excluding carboxylic acids is 1. The van der Waals surface area contributed by atoms with E-state index in [0.717, 1.165) is 5.56 Å². The molecule has 2 aromatic rings. The van der Waals surface area contributed by atoms with Gasteiger partial charge in [-0.05, 0) is 24.3 Å². The Hall–Kier alpha value is -2.93. The Bertz CT molecular complexity index is 677. The molecule has 0 aliphatic carbocycles. The van der Waals surface area contributed by atoms with E-state index in [4.69, 9.17) is 9.47 Å². The molecule has 1 N–H and O–H groups in total. The van der Waals surface area contributed by atoms with Gasteiger partial charge >= 0.3 is 0 Å². The summed E-state index contributed by atoms with van der Waals surface area (Å²) in [6.07, 6.45) is 0. The molecule has 0 bridgehead atoms. The van der Waals surface area contributed by atoms with Crippen LogP contribution in [0, 0.1) is 11.8 Å². The second kappa shape index (κ2) is 7.75. The maximum absolute atomic E-state index is 12.1. The molecule has 0 atom stereocenters. The van der Waals surface area contributed by atoms with E-state index in [1.54, 1.807) is 32.4 Å². The standard InChI is InChI=1S/C18H17NO3/c1-21-16-11-15(12-17(13-16)22-2)18(20)19-10-6-9-14-7-4-3-5-8-14/h3-5,7-8,11-13H,10H2,1-2H3,(H,19,20). The van der Waals surface area contributed by atoms with Crippen molar-refractivity contribution in [1.82, 2.24) is 5.32 Å². The fourth-order valence-electron chi connectivity index (χ4n) is 1.83. The molecule has 0 aliphatic heterocycles. The Labute approximate surface area is 130 Å². The average molecular weight is 295 g/mol. The molecular formula is C18H17NO3. The summed E-state index contributed by atoms with van der Waals surface area (Å²) < 4.78 is 10.3. The first kappa shape index (κ1) is 15.5. The third-order valence-corrected chi connectivity index (χ3v) is 2.96. The van der Waals surface area contributed by atoms with Crippen LogP contribution >= 0.6 is 0 Å². The lowest BCUT2D eigenvalue weighted by Gasteiger charge is -2.07. The Morgan fingerprint density at radius 1 is 1.05 bits per heavy atom.